The van der Waals surface area contributed by atoms with Crippen molar-refractivity contribution in [2.75, 3.05) is 25.1 Å². The summed E-state index contributed by atoms with van der Waals surface area (Å²) in [5.74, 6) is 0. The monoisotopic (exact) mass is 339 g/mol. The lowest BCUT2D eigenvalue weighted by Gasteiger charge is -2.38. The van der Waals surface area contributed by atoms with Crippen LogP contribution in [0.5, 0.6) is 0 Å². The minimum Gasteiger partial charge on any atom is -0.382 e. The molecule has 0 radical (unpaired) electrons. The van der Waals surface area contributed by atoms with Crippen LogP contribution >= 0.6 is 15.9 Å². The highest BCUT2D eigenvalue weighted by atomic mass is 79.9. The highest BCUT2D eigenvalue weighted by Crippen LogP contribution is 2.34. The maximum atomic E-state index is 6.00. The van der Waals surface area contributed by atoms with E-state index in [4.69, 9.17) is 9.47 Å². The lowest BCUT2D eigenvalue weighted by Crippen LogP contribution is -2.45. The molecule has 2 unspecified atom stereocenters. The summed E-state index contributed by atoms with van der Waals surface area (Å²) in [6, 6.07) is 6.97. The van der Waals surface area contributed by atoms with Gasteiger partial charge in [0.2, 0.25) is 0 Å². The molecule has 110 valence electrons. The molecule has 2 saturated heterocycles. The quantitative estimate of drug-likeness (QED) is 0.909. The molecule has 3 nitrogen and oxygen atoms in total. The van der Waals surface area contributed by atoms with Crippen LogP contribution in [0.25, 0.3) is 0 Å². The van der Waals surface area contributed by atoms with Crippen LogP contribution in [0.3, 0.4) is 0 Å². The van der Waals surface area contributed by atoms with Gasteiger partial charge in [0.05, 0.1) is 12.2 Å². The van der Waals surface area contributed by atoms with Gasteiger partial charge in [-0.15, -0.1) is 0 Å². The molecular formula is C16H22BrNO2. The predicted molar refractivity (Wildman–Crippen MR) is 84.3 cm³/mol. The van der Waals surface area contributed by atoms with E-state index in [1.165, 1.54) is 11.3 Å². The summed E-state index contributed by atoms with van der Waals surface area (Å²) >= 11 is 3.55. The van der Waals surface area contributed by atoms with Crippen LogP contribution in [0.1, 0.15) is 31.7 Å². The van der Waals surface area contributed by atoms with Gasteiger partial charge in [0, 0.05) is 35.8 Å². The molecule has 1 aromatic carbocycles. The second-order valence-electron chi connectivity index (χ2n) is 5.82. The Morgan fingerprint density at radius 3 is 3.05 bits per heavy atom. The largest absolute Gasteiger partial charge is 0.382 e. The Morgan fingerprint density at radius 2 is 2.30 bits per heavy atom. The van der Waals surface area contributed by atoms with E-state index < -0.39 is 0 Å². The Balaban J connectivity index is 1.71. The summed E-state index contributed by atoms with van der Waals surface area (Å²) in [6.07, 6.45) is 4.19. The number of ether oxygens (including phenoxy) is 2. The minimum absolute atomic E-state index is 0.0301. The van der Waals surface area contributed by atoms with Crippen LogP contribution < -0.4 is 5.32 Å². The van der Waals surface area contributed by atoms with Crippen LogP contribution in [0.4, 0.5) is 5.69 Å². The van der Waals surface area contributed by atoms with E-state index in [1.54, 1.807) is 0 Å². The SMILES string of the molecule is CCc1cc(Br)ccc1NC1CCOC2(CCOC2)C1. The topological polar surface area (TPSA) is 30.5 Å². The van der Waals surface area contributed by atoms with Gasteiger partial charge in [0.1, 0.15) is 0 Å². The highest BCUT2D eigenvalue weighted by Gasteiger charge is 2.41. The van der Waals surface area contributed by atoms with Gasteiger partial charge in [0.15, 0.2) is 0 Å². The Morgan fingerprint density at radius 1 is 1.40 bits per heavy atom. The Hall–Kier alpha value is -0.580. The number of benzene rings is 1. The summed E-state index contributed by atoms with van der Waals surface area (Å²) in [5.41, 5.74) is 2.59. The fraction of sp³-hybridized carbons (Fsp3) is 0.625. The van der Waals surface area contributed by atoms with Gasteiger partial charge in [-0.25, -0.2) is 0 Å². The number of rotatable bonds is 3. The third-order valence-electron chi connectivity index (χ3n) is 4.37. The molecule has 1 N–H and O–H groups in total. The van der Waals surface area contributed by atoms with Gasteiger partial charge >= 0.3 is 0 Å². The van der Waals surface area contributed by atoms with Crippen molar-refractivity contribution in [1.29, 1.82) is 0 Å². The maximum absolute atomic E-state index is 6.00. The van der Waals surface area contributed by atoms with Crippen LogP contribution in [0.15, 0.2) is 22.7 Å². The lowest BCUT2D eigenvalue weighted by molar-refractivity contribution is -0.0828. The fourth-order valence-electron chi connectivity index (χ4n) is 3.23. The molecule has 1 spiro atoms. The van der Waals surface area contributed by atoms with Crippen molar-refractivity contribution < 1.29 is 9.47 Å². The zero-order valence-electron chi connectivity index (χ0n) is 12.0. The summed E-state index contributed by atoms with van der Waals surface area (Å²) in [6.45, 7) is 4.62. The number of halogens is 1. The summed E-state index contributed by atoms with van der Waals surface area (Å²) in [7, 11) is 0. The van der Waals surface area contributed by atoms with E-state index in [0.29, 0.717) is 6.04 Å². The average molecular weight is 340 g/mol. The number of nitrogens with one attached hydrogen (secondary N) is 1. The first-order valence-corrected chi connectivity index (χ1v) is 8.27. The first kappa shape index (κ1) is 14.4. The highest BCUT2D eigenvalue weighted by molar-refractivity contribution is 9.10. The average Bonchev–Trinajstić information content (AvgIpc) is 2.89. The molecule has 3 rings (SSSR count). The molecule has 2 fully saturated rings. The first-order chi connectivity index (χ1) is 9.71. The maximum Gasteiger partial charge on any atom is 0.0956 e. The molecule has 0 aliphatic carbocycles. The molecule has 2 aliphatic heterocycles. The van der Waals surface area contributed by atoms with Crippen molar-refractivity contribution in [3.63, 3.8) is 0 Å². The van der Waals surface area contributed by atoms with Gasteiger partial charge in [-0.3, -0.25) is 0 Å². The standard InChI is InChI=1S/C16H22BrNO2/c1-2-12-9-13(17)3-4-15(12)18-14-5-7-20-16(10-14)6-8-19-11-16/h3-4,9,14,18H,2,5-8,10-11H2,1H3. The second kappa shape index (κ2) is 6.04. The molecule has 20 heavy (non-hydrogen) atoms. The van der Waals surface area contributed by atoms with Crippen molar-refractivity contribution in [2.24, 2.45) is 0 Å². The van der Waals surface area contributed by atoms with Crippen molar-refractivity contribution in [1.82, 2.24) is 0 Å². The number of aryl methyl sites for hydroxylation is 1. The number of hydrogen-bond acceptors (Lipinski definition) is 3. The van der Waals surface area contributed by atoms with E-state index in [0.717, 1.165) is 50.0 Å². The molecular weight excluding hydrogens is 318 g/mol. The molecule has 0 amide bonds. The molecule has 2 heterocycles. The van der Waals surface area contributed by atoms with Gasteiger partial charge in [-0.05, 0) is 43.0 Å². The van der Waals surface area contributed by atoms with Crippen LogP contribution in [-0.2, 0) is 15.9 Å². The Labute approximate surface area is 129 Å². The smallest absolute Gasteiger partial charge is 0.0956 e. The minimum atomic E-state index is -0.0301. The summed E-state index contributed by atoms with van der Waals surface area (Å²) in [4.78, 5) is 0. The third-order valence-corrected chi connectivity index (χ3v) is 4.86. The summed E-state index contributed by atoms with van der Waals surface area (Å²) in [5, 5.41) is 3.72. The molecule has 0 aromatic heterocycles. The second-order valence-corrected chi connectivity index (χ2v) is 6.74. The Bertz CT molecular complexity index is 472. The van der Waals surface area contributed by atoms with Crippen molar-refractivity contribution in [3.05, 3.63) is 28.2 Å². The molecule has 2 aliphatic rings. The van der Waals surface area contributed by atoms with Crippen molar-refractivity contribution >= 4 is 21.6 Å². The molecule has 4 heteroatoms. The summed E-state index contributed by atoms with van der Waals surface area (Å²) < 4.78 is 12.7. The van der Waals surface area contributed by atoms with Gasteiger partial charge in [-0.2, -0.15) is 0 Å². The molecule has 1 aromatic rings. The van der Waals surface area contributed by atoms with Crippen molar-refractivity contribution in [2.45, 2.75) is 44.2 Å². The fourth-order valence-corrected chi connectivity index (χ4v) is 3.64. The zero-order chi connectivity index (χ0) is 14.0. The van der Waals surface area contributed by atoms with E-state index in [-0.39, 0.29) is 5.60 Å². The van der Waals surface area contributed by atoms with Crippen LogP contribution in [-0.4, -0.2) is 31.5 Å². The number of hydrogen-bond donors (Lipinski definition) is 1. The van der Waals surface area contributed by atoms with Crippen molar-refractivity contribution in [3.8, 4) is 0 Å². The number of anilines is 1. The molecule has 2 atom stereocenters. The normalized spacial score (nSPS) is 29.8. The van der Waals surface area contributed by atoms with E-state index in [1.807, 2.05) is 0 Å². The first-order valence-electron chi connectivity index (χ1n) is 7.47. The van der Waals surface area contributed by atoms with Gasteiger partial charge in [-0.1, -0.05) is 22.9 Å². The lowest BCUT2D eigenvalue weighted by atomic mass is 9.89. The van der Waals surface area contributed by atoms with E-state index in [9.17, 15) is 0 Å². The van der Waals surface area contributed by atoms with Gasteiger partial charge < -0.3 is 14.8 Å². The van der Waals surface area contributed by atoms with Gasteiger partial charge in [0.25, 0.3) is 0 Å². The van der Waals surface area contributed by atoms with Crippen LogP contribution in [0, 0.1) is 0 Å². The molecule has 0 saturated carbocycles. The zero-order valence-corrected chi connectivity index (χ0v) is 13.5. The Kier molecular flexibility index (Phi) is 4.34. The molecule has 0 bridgehead atoms. The predicted octanol–water partition coefficient (Wildman–Crippen LogP) is 3.76. The van der Waals surface area contributed by atoms with E-state index in [2.05, 4.69) is 46.4 Å². The third kappa shape index (κ3) is 3.02. The van der Waals surface area contributed by atoms with E-state index >= 15 is 0 Å². The van der Waals surface area contributed by atoms with Crippen LogP contribution in [0.2, 0.25) is 0 Å².